The Hall–Kier alpha value is -0.340. The molecular formula is C17H26BrN. The highest BCUT2D eigenvalue weighted by atomic mass is 79.9. The monoisotopic (exact) mass is 323 g/mol. The maximum atomic E-state index is 3.83. The van der Waals surface area contributed by atoms with Gasteiger partial charge in [0.2, 0.25) is 0 Å². The molecule has 1 nitrogen and oxygen atoms in total. The van der Waals surface area contributed by atoms with Gasteiger partial charge in [-0.3, -0.25) is 0 Å². The average Bonchev–Trinajstić information content (AvgIpc) is 2.32. The van der Waals surface area contributed by atoms with E-state index in [4.69, 9.17) is 0 Å². The van der Waals surface area contributed by atoms with Gasteiger partial charge in [-0.2, -0.15) is 0 Å². The first kappa shape index (κ1) is 15.1. The molecule has 106 valence electrons. The lowest BCUT2D eigenvalue weighted by molar-refractivity contribution is 0.143. The minimum atomic E-state index is 0.422. The van der Waals surface area contributed by atoms with E-state index in [0.717, 1.165) is 10.4 Å². The Morgan fingerprint density at radius 2 is 2.11 bits per heavy atom. The number of hydrogen-bond acceptors (Lipinski definition) is 1. The third-order valence-corrected chi connectivity index (χ3v) is 5.00. The lowest BCUT2D eigenvalue weighted by Crippen LogP contribution is -2.42. The molecule has 2 unspecified atom stereocenters. The second-order valence-corrected chi connectivity index (χ2v) is 7.85. The van der Waals surface area contributed by atoms with Crippen LogP contribution in [0.25, 0.3) is 0 Å². The Kier molecular flexibility index (Phi) is 4.73. The molecule has 1 aliphatic rings. The summed E-state index contributed by atoms with van der Waals surface area (Å²) in [6, 6.07) is 9.70. The number of rotatable bonds is 3. The minimum absolute atomic E-state index is 0.422. The van der Waals surface area contributed by atoms with E-state index in [0.29, 0.717) is 17.5 Å². The first-order valence-electron chi connectivity index (χ1n) is 7.39. The summed E-state index contributed by atoms with van der Waals surface area (Å²) in [6.07, 6.45) is 3.96. The molecular weight excluding hydrogens is 298 g/mol. The SMILES string of the molecule is CC1CC(C)(C)CCC1N[C@H](C)c1cccc(Br)c1. The summed E-state index contributed by atoms with van der Waals surface area (Å²) in [6.45, 7) is 9.47. The maximum Gasteiger partial charge on any atom is 0.0294 e. The van der Waals surface area contributed by atoms with E-state index >= 15 is 0 Å². The first-order chi connectivity index (χ1) is 8.87. The highest BCUT2D eigenvalue weighted by molar-refractivity contribution is 9.10. The van der Waals surface area contributed by atoms with Gasteiger partial charge in [0.25, 0.3) is 0 Å². The van der Waals surface area contributed by atoms with Crippen LogP contribution in [0.15, 0.2) is 28.7 Å². The molecule has 2 rings (SSSR count). The molecule has 1 aromatic rings. The van der Waals surface area contributed by atoms with Crippen LogP contribution < -0.4 is 5.32 Å². The summed E-state index contributed by atoms with van der Waals surface area (Å²) in [7, 11) is 0. The molecule has 1 saturated carbocycles. The van der Waals surface area contributed by atoms with Crippen molar-refractivity contribution in [2.75, 3.05) is 0 Å². The molecule has 0 radical (unpaired) electrons. The number of halogens is 1. The smallest absolute Gasteiger partial charge is 0.0294 e. The summed E-state index contributed by atoms with van der Waals surface area (Å²) in [5, 5.41) is 3.83. The normalized spacial score (nSPS) is 28.1. The Morgan fingerprint density at radius 1 is 1.37 bits per heavy atom. The zero-order valence-electron chi connectivity index (χ0n) is 12.5. The molecule has 0 aliphatic heterocycles. The highest BCUT2D eigenvalue weighted by Crippen LogP contribution is 2.39. The van der Waals surface area contributed by atoms with Crippen LogP contribution in [0.2, 0.25) is 0 Å². The van der Waals surface area contributed by atoms with E-state index < -0.39 is 0 Å². The van der Waals surface area contributed by atoms with Gasteiger partial charge in [-0.25, -0.2) is 0 Å². The highest BCUT2D eigenvalue weighted by Gasteiger charge is 2.32. The topological polar surface area (TPSA) is 12.0 Å². The van der Waals surface area contributed by atoms with Gasteiger partial charge < -0.3 is 5.32 Å². The van der Waals surface area contributed by atoms with Crippen LogP contribution >= 0.6 is 15.9 Å². The van der Waals surface area contributed by atoms with Crippen molar-refractivity contribution in [2.24, 2.45) is 11.3 Å². The summed E-state index contributed by atoms with van der Waals surface area (Å²) < 4.78 is 1.16. The molecule has 0 amide bonds. The van der Waals surface area contributed by atoms with Crippen LogP contribution in [0.3, 0.4) is 0 Å². The van der Waals surface area contributed by atoms with E-state index in [-0.39, 0.29) is 0 Å². The number of hydrogen-bond donors (Lipinski definition) is 1. The third-order valence-electron chi connectivity index (χ3n) is 4.51. The van der Waals surface area contributed by atoms with Crippen LogP contribution in [0.1, 0.15) is 58.6 Å². The minimum Gasteiger partial charge on any atom is -0.307 e. The van der Waals surface area contributed by atoms with Gasteiger partial charge in [-0.15, -0.1) is 0 Å². The van der Waals surface area contributed by atoms with Crippen molar-refractivity contribution in [3.8, 4) is 0 Å². The predicted molar refractivity (Wildman–Crippen MR) is 86.3 cm³/mol. The zero-order chi connectivity index (χ0) is 14.0. The standard InChI is InChI=1S/C17H26BrN/c1-12-11-17(3,4)9-8-16(12)19-13(2)14-6-5-7-15(18)10-14/h5-7,10,12-13,16,19H,8-9,11H2,1-4H3/t12?,13-,16?/m1/s1. The van der Waals surface area contributed by atoms with E-state index in [9.17, 15) is 0 Å². The maximum absolute atomic E-state index is 3.83. The summed E-state index contributed by atoms with van der Waals surface area (Å²) >= 11 is 3.55. The second kappa shape index (κ2) is 5.97. The van der Waals surface area contributed by atoms with Crippen molar-refractivity contribution >= 4 is 15.9 Å². The molecule has 3 atom stereocenters. The fourth-order valence-corrected chi connectivity index (χ4v) is 3.80. The van der Waals surface area contributed by atoms with Gasteiger partial charge in [0.1, 0.15) is 0 Å². The molecule has 0 bridgehead atoms. The molecule has 19 heavy (non-hydrogen) atoms. The van der Waals surface area contributed by atoms with E-state index in [2.05, 4.69) is 73.2 Å². The van der Waals surface area contributed by atoms with Crippen molar-refractivity contribution < 1.29 is 0 Å². The van der Waals surface area contributed by atoms with Gasteiger partial charge >= 0.3 is 0 Å². The first-order valence-corrected chi connectivity index (χ1v) is 8.18. The van der Waals surface area contributed by atoms with Crippen molar-refractivity contribution in [3.05, 3.63) is 34.3 Å². The third kappa shape index (κ3) is 4.06. The molecule has 1 aromatic carbocycles. The average molecular weight is 324 g/mol. The Bertz CT molecular complexity index is 427. The fraction of sp³-hybridized carbons (Fsp3) is 0.647. The molecule has 0 heterocycles. The largest absolute Gasteiger partial charge is 0.307 e. The molecule has 1 N–H and O–H groups in total. The van der Waals surface area contributed by atoms with E-state index in [1.807, 2.05) is 0 Å². The molecule has 0 aromatic heterocycles. The lowest BCUT2D eigenvalue weighted by atomic mass is 9.70. The molecule has 2 heteroatoms. The summed E-state index contributed by atoms with van der Waals surface area (Å²) in [5.74, 6) is 0.762. The van der Waals surface area contributed by atoms with E-state index in [1.54, 1.807) is 0 Å². The quantitative estimate of drug-likeness (QED) is 0.794. The fourth-order valence-electron chi connectivity index (χ4n) is 3.39. The van der Waals surface area contributed by atoms with Crippen LogP contribution in [0.5, 0.6) is 0 Å². The van der Waals surface area contributed by atoms with Gasteiger partial charge in [0.15, 0.2) is 0 Å². The number of benzene rings is 1. The second-order valence-electron chi connectivity index (χ2n) is 6.93. The lowest BCUT2D eigenvalue weighted by Gasteiger charge is -2.40. The molecule has 1 aliphatic carbocycles. The van der Waals surface area contributed by atoms with Crippen LogP contribution in [0.4, 0.5) is 0 Å². The summed E-state index contributed by atoms with van der Waals surface area (Å²) in [4.78, 5) is 0. The molecule has 0 spiro atoms. The summed E-state index contributed by atoms with van der Waals surface area (Å²) in [5.41, 5.74) is 1.89. The van der Waals surface area contributed by atoms with Crippen molar-refractivity contribution in [3.63, 3.8) is 0 Å². The van der Waals surface area contributed by atoms with Gasteiger partial charge in [0, 0.05) is 16.6 Å². The van der Waals surface area contributed by atoms with Gasteiger partial charge in [0.05, 0.1) is 0 Å². The van der Waals surface area contributed by atoms with E-state index in [1.165, 1.54) is 24.8 Å². The Labute approximate surface area is 126 Å². The Morgan fingerprint density at radius 3 is 2.74 bits per heavy atom. The zero-order valence-corrected chi connectivity index (χ0v) is 14.1. The Balaban J connectivity index is 1.98. The van der Waals surface area contributed by atoms with Crippen molar-refractivity contribution in [2.45, 2.75) is 59.0 Å². The predicted octanol–water partition coefficient (Wildman–Crippen LogP) is 5.31. The van der Waals surface area contributed by atoms with Gasteiger partial charge in [-0.05, 0) is 55.2 Å². The van der Waals surface area contributed by atoms with Crippen LogP contribution in [0, 0.1) is 11.3 Å². The number of nitrogens with one attached hydrogen (secondary N) is 1. The van der Waals surface area contributed by atoms with Crippen molar-refractivity contribution in [1.82, 2.24) is 5.32 Å². The van der Waals surface area contributed by atoms with Crippen molar-refractivity contribution in [1.29, 1.82) is 0 Å². The van der Waals surface area contributed by atoms with Crippen LogP contribution in [-0.2, 0) is 0 Å². The van der Waals surface area contributed by atoms with Crippen LogP contribution in [-0.4, -0.2) is 6.04 Å². The molecule has 1 fully saturated rings. The molecule has 0 saturated heterocycles. The van der Waals surface area contributed by atoms with Gasteiger partial charge in [-0.1, -0.05) is 48.8 Å².